The lowest BCUT2D eigenvalue weighted by atomic mass is 10.1. The molecule has 3 rings (SSSR count). The number of hydrogen-bond acceptors (Lipinski definition) is 4. The van der Waals surface area contributed by atoms with Gasteiger partial charge < -0.3 is 19.9 Å². The fourth-order valence-electron chi connectivity index (χ4n) is 3.50. The summed E-state index contributed by atoms with van der Waals surface area (Å²) in [5, 5.41) is 3.39. The Morgan fingerprint density at radius 1 is 1.29 bits per heavy atom. The highest BCUT2D eigenvalue weighted by Crippen LogP contribution is 2.29. The summed E-state index contributed by atoms with van der Waals surface area (Å²) in [6, 6.07) is 5.48. The third kappa shape index (κ3) is 6.38. The number of aliphatic imine (C=N–C) groups is 1. The molecule has 0 radical (unpaired) electrons. The first kappa shape index (κ1) is 23.5. The molecule has 1 aromatic rings. The zero-order valence-electron chi connectivity index (χ0n) is 17.0. The molecule has 2 fully saturated rings. The number of nitrogens with one attached hydrogen (secondary N) is 1. The van der Waals surface area contributed by atoms with Gasteiger partial charge in [0.1, 0.15) is 5.82 Å². The number of rotatable bonds is 4. The second kappa shape index (κ2) is 10.9. The molecule has 2 aliphatic rings. The Morgan fingerprint density at radius 3 is 2.68 bits per heavy atom. The van der Waals surface area contributed by atoms with E-state index < -0.39 is 0 Å². The number of benzene rings is 1. The summed E-state index contributed by atoms with van der Waals surface area (Å²) < 4.78 is 20.2. The first-order valence-electron chi connectivity index (χ1n) is 9.77. The number of guanidine groups is 1. The summed E-state index contributed by atoms with van der Waals surface area (Å²) in [4.78, 5) is 9.14. The Kier molecular flexibility index (Phi) is 9.14. The van der Waals surface area contributed by atoms with Gasteiger partial charge in [-0.1, -0.05) is 6.07 Å². The van der Waals surface area contributed by atoms with Crippen molar-refractivity contribution < 1.29 is 9.13 Å². The lowest BCUT2D eigenvalue weighted by molar-refractivity contribution is 0.122. The monoisotopic (exact) mass is 522 g/mol. The molecule has 0 aliphatic carbocycles. The van der Waals surface area contributed by atoms with Crippen LogP contribution in [0.25, 0.3) is 0 Å². The van der Waals surface area contributed by atoms with E-state index in [1.54, 1.807) is 6.07 Å². The molecule has 158 valence electrons. The predicted molar refractivity (Wildman–Crippen MR) is 128 cm³/mol. The van der Waals surface area contributed by atoms with Crippen LogP contribution < -0.4 is 10.2 Å². The van der Waals surface area contributed by atoms with E-state index in [0.29, 0.717) is 25.4 Å². The van der Waals surface area contributed by atoms with Gasteiger partial charge in [-0.25, -0.2) is 9.38 Å². The van der Waals surface area contributed by atoms with E-state index in [9.17, 15) is 4.39 Å². The van der Waals surface area contributed by atoms with Crippen LogP contribution in [0.15, 0.2) is 23.2 Å². The fraction of sp³-hybridized carbons (Fsp3) is 0.650. The SMILES string of the molecule is CCNC(=NCc1ccc(N2CCOCC2)c(F)c1)N1CCSC(C)(C)C1.I. The minimum atomic E-state index is -0.176. The molecule has 1 aromatic carbocycles. The molecule has 2 aliphatic heterocycles. The highest BCUT2D eigenvalue weighted by molar-refractivity contribution is 14.0. The molecule has 0 bridgehead atoms. The van der Waals surface area contributed by atoms with Crippen molar-refractivity contribution in [3.05, 3.63) is 29.6 Å². The zero-order valence-corrected chi connectivity index (χ0v) is 20.2. The van der Waals surface area contributed by atoms with Gasteiger partial charge >= 0.3 is 0 Å². The molecule has 0 aromatic heterocycles. The van der Waals surface area contributed by atoms with Crippen molar-refractivity contribution in [1.82, 2.24) is 10.2 Å². The molecule has 0 spiro atoms. The van der Waals surface area contributed by atoms with Crippen molar-refractivity contribution in [2.45, 2.75) is 32.1 Å². The van der Waals surface area contributed by atoms with Gasteiger partial charge in [0, 0.05) is 43.2 Å². The van der Waals surface area contributed by atoms with Crippen LogP contribution in [0.5, 0.6) is 0 Å². The summed E-state index contributed by atoms with van der Waals surface area (Å²) in [5.41, 5.74) is 1.55. The van der Waals surface area contributed by atoms with E-state index in [1.165, 1.54) is 0 Å². The number of anilines is 1. The van der Waals surface area contributed by atoms with Crippen LogP contribution in [-0.4, -0.2) is 67.3 Å². The van der Waals surface area contributed by atoms with Gasteiger partial charge in [0.25, 0.3) is 0 Å². The maximum atomic E-state index is 14.6. The van der Waals surface area contributed by atoms with Crippen molar-refractivity contribution in [1.29, 1.82) is 0 Å². The van der Waals surface area contributed by atoms with E-state index in [-0.39, 0.29) is 34.5 Å². The lowest BCUT2D eigenvalue weighted by Gasteiger charge is -2.39. The molecule has 0 saturated carbocycles. The van der Waals surface area contributed by atoms with Gasteiger partial charge in [-0.2, -0.15) is 11.8 Å². The number of thioether (sulfide) groups is 1. The van der Waals surface area contributed by atoms with Crippen molar-refractivity contribution in [2.75, 3.05) is 56.6 Å². The molecule has 5 nitrogen and oxygen atoms in total. The second-order valence-electron chi connectivity index (χ2n) is 7.59. The largest absolute Gasteiger partial charge is 0.378 e. The van der Waals surface area contributed by atoms with Crippen molar-refractivity contribution >= 4 is 47.4 Å². The Hall–Kier alpha value is -0.740. The van der Waals surface area contributed by atoms with Gasteiger partial charge in [-0.3, -0.25) is 0 Å². The fourth-order valence-corrected chi connectivity index (χ4v) is 4.61. The molecular weight excluding hydrogens is 490 g/mol. The first-order chi connectivity index (χ1) is 13.0. The highest BCUT2D eigenvalue weighted by Gasteiger charge is 2.28. The molecule has 2 saturated heterocycles. The van der Waals surface area contributed by atoms with Crippen molar-refractivity contribution in [2.24, 2.45) is 4.99 Å². The topological polar surface area (TPSA) is 40.1 Å². The third-order valence-electron chi connectivity index (χ3n) is 4.84. The van der Waals surface area contributed by atoms with Gasteiger partial charge in [0.15, 0.2) is 5.96 Å². The van der Waals surface area contributed by atoms with Crippen LogP contribution in [0.1, 0.15) is 26.3 Å². The number of hydrogen-bond donors (Lipinski definition) is 1. The number of halogens is 2. The van der Waals surface area contributed by atoms with E-state index >= 15 is 0 Å². The normalized spacial score (nSPS) is 19.9. The van der Waals surface area contributed by atoms with E-state index in [4.69, 9.17) is 9.73 Å². The van der Waals surface area contributed by atoms with Gasteiger partial charge in [0.05, 0.1) is 25.4 Å². The maximum absolute atomic E-state index is 14.6. The molecule has 8 heteroatoms. The Morgan fingerprint density at radius 2 is 2.04 bits per heavy atom. The quantitative estimate of drug-likeness (QED) is 0.372. The van der Waals surface area contributed by atoms with Crippen LogP contribution in [-0.2, 0) is 11.3 Å². The summed E-state index contributed by atoms with van der Waals surface area (Å²) in [7, 11) is 0. The average molecular weight is 522 g/mol. The molecule has 0 atom stereocenters. The highest BCUT2D eigenvalue weighted by atomic mass is 127. The summed E-state index contributed by atoms with van der Waals surface area (Å²) >= 11 is 2.00. The average Bonchev–Trinajstić information content (AvgIpc) is 2.65. The minimum absolute atomic E-state index is 0. The molecule has 28 heavy (non-hydrogen) atoms. The molecule has 0 amide bonds. The van der Waals surface area contributed by atoms with Crippen molar-refractivity contribution in [3.8, 4) is 0 Å². The predicted octanol–water partition coefficient (Wildman–Crippen LogP) is 3.57. The smallest absolute Gasteiger partial charge is 0.194 e. The van der Waals surface area contributed by atoms with Crippen LogP contribution >= 0.6 is 35.7 Å². The lowest BCUT2D eigenvalue weighted by Crippen LogP contribution is -2.50. The van der Waals surface area contributed by atoms with Gasteiger partial charge in [-0.15, -0.1) is 24.0 Å². The zero-order chi connectivity index (χ0) is 19.3. The molecule has 2 heterocycles. The second-order valence-corrected chi connectivity index (χ2v) is 9.39. The summed E-state index contributed by atoms with van der Waals surface area (Å²) in [6.07, 6.45) is 0. The standard InChI is InChI=1S/C20H31FN4OS.HI/c1-4-22-19(25-9-12-27-20(2,3)15-25)23-14-16-5-6-18(17(21)13-16)24-7-10-26-11-8-24;/h5-6,13H,4,7-12,14-15H2,1-3H3,(H,22,23);1H. The van der Waals surface area contributed by atoms with Gasteiger partial charge in [-0.05, 0) is 38.5 Å². The Bertz CT molecular complexity index is 668. The molecule has 0 unspecified atom stereocenters. The van der Waals surface area contributed by atoms with Crippen LogP contribution in [0.4, 0.5) is 10.1 Å². The minimum Gasteiger partial charge on any atom is -0.378 e. The summed E-state index contributed by atoms with van der Waals surface area (Å²) in [5.74, 6) is 1.84. The van der Waals surface area contributed by atoms with Crippen LogP contribution in [0.3, 0.4) is 0 Å². The van der Waals surface area contributed by atoms with Crippen molar-refractivity contribution in [3.63, 3.8) is 0 Å². The number of ether oxygens (including phenoxy) is 1. The third-order valence-corrected chi connectivity index (χ3v) is 6.13. The molecular formula is C20H32FIN4OS. The van der Waals surface area contributed by atoms with Gasteiger partial charge in [0.2, 0.25) is 0 Å². The molecule has 1 N–H and O–H groups in total. The van der Waals surface area contributed by atoms with E-state index in [2.05, 4.69) is 31.0 Å². The van der Waals surface area contributed by atoms with Crippen LogP contribution in [0, 0.1) is 5.82 Å². The van der Waals surface area contributed by atoms with E-state index in [0.717, 1.165) is 50.0 Å². The van der Waals surface area contributed by atoms with Crippen LogP contribution in [0.2, 0.25) is 0 Å². The number of nitrogens with zero attached hydrogens (tertiary/aromatic N) is 3. The van der Waals surface area contributed by atoms with E-state index in [1.807, 2.05) is 28.8 Å². The maximum Gasteiger partial charge on any atom is 0.194 e. The Balaban J connectivity index is 0.00000280. The Labute approximate surface area is 189 Å². The summed E-state index contributed by atoms with van der Waals surface area (Å²) in [6.45, 7) is 12.7. The number of morpholine rings is 1. The first-order valence-corrected chi connectivity index (χ1v) is 10.8.